The highest BCUT2D eigenvalue weighted by atomic mass is 16.9. The summed E-state index contributed by atoms with van der Waals surface area (Å²) < 4.78 is 29.3. The van der Waals surface area contributed by atoms with Gasteiger partial charge in [0.05, 0.1) is 13.1 Å². The molecule has 0 bridgehead atoms. The average Bonchev–Trinajstić information content (AvgIpc) is 3.28. The van der Waals surface area contributed by atoms with Crippen molar-refractivity contribution < 1.29 is 53.1 Å². The number of hydrogen-bond donors (Lipinski definition) is 5. The lowest BCUT2D eigenvalue weighted by molar-refractivity contribution is -0.231. The van der Waals surface area contributed by atoms with Gasteiger partial charge in [-0.15, -0.1) is 0 Å². The number of carboxylic acid groups (broad SMARTS) is 1. The van der Waals surface area contributed by atoms with E-state index < -0.39 is 84.8 Å². The van der Waals surface area contributed by atoms with Gasteiger partial charge in [-0.25, -0.2) is 4.79 Å². The van der Waals surface area contributed by atoms with Crippen molar-refractivity contribution in [3.63, 3.8) is 0 Å². The Bertz CT molecular complexity index is 1110. The molecule has 3 amide bonds. The third-order valence-corrected chi connectivity index (χ3v) is 5.79. The maximum Gasteiger partial charge on any atom is 0.339 e. The number of benzene rings is 1. The van der Waals surface area contributed by atoms with Crippen LogP contribution in [0.25, 0.3) is 0 Å². The zero-order valence-electron chi connectivity index (χ0n) is 20.6. The molecule has 3 aliphatic heterocycles. The summed E-state index contributed by atoms with van der Waals surface area (Å²) in [5, 5.41) is 25.8. The molecule has 5 N–H and O–H groups in total. The maximum atomic E-state index is 12.9. The van der Waals surface area contributed by atoms with Gasteiger partial charge < -0.3 is 49.8 Å². The molecule has 5 atom stereocenters. The number of aromatic hydroxyl groups is 1. The van der Waals surface area contributed by atoms with E-state index >= 15 is 0 Å². The van der Waals surface area contributed by atoms with Gasteiger partial charge in [0.15, 0.2) is 24.0 Å². The van der Waals surface area contributed by atoms with Gasteiger partial charge >= 0.3 is 5.97 Å². The van der Waals surface area contributed by atoms with Gasteiger partial charge in [-0.3, -0.25) is 14.4 Å². The van der Waals surface area contributed by atoms with E-state index in [9.17, 15) is 24.3 Å². The molecule has 0 saturated carbocycles. The highest BCUT2D eigenvalue weighted by molar-refractivity contribution is 5.97. The summed E-state index contributed by atoms with van der Waals surface area (Å²) >= 11 is 0. The molecular weight excluding hydrogens is 494 g/mol. The number of fused-ring (bicyclic) bond motifs is 3. The van der Waals surface area contributed by atoms with Crippen molar-refractivity contribution in [2.24, 2.45) is 0 Å². The number of anilines is 1. The predicted octanol–water partition coefficient (Wildman–Crippen LogP) is -0.342. The number of hydrogen-bond acceptors (Lipinski definition) is 10. The zero-order chi connectivity index (χ0) is 27.1. The van der Waals surface area contributed by atoms with E-state index in [4.69, 9.17) is 28.8 Å². The van der Waals surface area contributed by atoms with Gasteiger partial charge in [-0.1, -0.05) is 0 Å². The monoisotopic (exact) mass is 523 g/mol. The molecule has 1 aromatic rings. The second kappa shape index (κ2) is 9.87. The number of phenols is 1. The minimum absolute atomic E-state index is 0.139. The molecule has 5 unspecified atom stereocenters. The van der Waals surface area contributed by atoms with Crippen LogP contribution < -0.4 is 16.0 Å². The minimum atomic E-state index is -1.32. The van der Waals surface area contributed by atoms with E-state index in [0.29, 0.717) is 0 Å². The lowest BCUT2D eigenvalue weighted by Crippen LogP contribution is -2.60. The summed E-state index contributed by atoms with van der Waals surface area (Å²) in [7, 11) is 0. The van der Waals surface area contributed by atoms with Gasteiger partial charge in [0.2, 0.25) is 11.8 Å². The van der Waals surface area contributed by atoms with Gasteiger partial charge in [0, 0.05) is 11.8 Å². The molecule has 0 aliphatic carbocycles. The van der Waals surface area contributed by atoms with Crippen LogP contribution in [0.5, 0.6) is 5.75 Å². The van der Waals surface area contributed by atoms with Gasteiger partial charge in [-0.05, 0) is 39.8 Å². The fraction of sp³-hybridized carbons (Fsp3) is 0.565. The lowest BCUT2D eigenvalue weighted by Gasteiger charge is -2.36. The molecule has 202 valence electrons. The lowest BCUT2D eigenvalue weighted by atomic mass is 9.98. The standard InChI is InChI=1S/C23H29N3O11/c1-22(2)34-15-16(35-22)18-21(37-23(3,4)36-18)33-17(15)19(30)25-8-13(28)24-9-14(29)26-10-5-6-11(20(31)32)12(27)7-10/h5-7,15-18,21,27H,8-9H2,1-4H3,(H,24,28)(H,25,30)(H,26,29)(H,31,32). The Kier molecular flexibility index (Phi) is 7.14. The van der Waals surface area contributed by atoms with E-state index in [-0.39, 0.29) is 11.3 Å². The summed E-state index contributed by atoms with van der Waals surface area (Å²) in [4.78, 5) is 48.1. The number of aromatic carboxylic acids is 1. The summed E-state index contributed by atoms with van der Waals surface area (Å²) in [5.41, 5.74) is -0.181. The van der Waals surface area contributed by atoms with Crippen molar-refractivity contribution >= 4 is 29.4 Å². The van der Waals surface area contributed by atoms with E-state index in [1.807, 2.05) is 0 Å². The minimum Gasteiger partial charge on any atom is -0.507 e. The highest BCUT2D eigenvalue weighted by Gasteiger charge is 2.62. The molecule has 3 fully saturated rings. The number of nitrogens with one attached hydrogen (secondary N) is 3. The van der Waals surface area contributed by atoms with Crippen LogP contribution in [0.4, 0.5) is 5.69 Å². The summed E-state index contributed by atoms with van der Waals surface area (Å²) in [6.45, 7) is 5.96. The van der Waals surface area contributed by atoms with E-state index in [0.717, 1.165) is 12.1 Å². The molecule has 0 aromatic heterocycles. The van der Waals surface area contributed by atoms with Gasteiger partial charge in [0.1, 0.15) is 29.6 Å². The number of carbonyl (C=O) groups is 4. The quantitative estimate of drug-likeness (QED) is 0.314. The Labute approximate surface area is 211 Å². The van der Waals surface area contributed by atoms with Crippen LogP contribution in [0, 0.1) is 0 Å². The average molecular weight is 523 g/mol. The Balaban J connectivity index is 1.27. The smallest absolute Gasteiger partial charge is 0.339 e. The molecule has 14 heteroatoms. The van der Waals surface area contributed by atoms with Crippen LogP contribution in [0.3, 0.4) is 0 Å². The first kappa shape index (κ1) is 26.8. The van der Waals surface area contributed by atoms with Crippen LogP contribution >= 0.6 is 0 Å². The van der Waals surface area contributed by atoms with E-state index in [1.54, 1.807) is 27.7 Å². The maximum absolute atomic E-state index is 12.9. The predicted molar refractivity (Wildman–Crippen MR) is 122 cm³/mol. The molecule has 3 heterocycles. The highest BCUT2D eigenvalue weighted by Crippen LogP contribution is 2.44. The first-order valence-corrected chi connectivity index (χ1v) is 11.5. The molecule has 3 saturated heterocycles. The summed E-state index contributed by atoms with van der Waals surface area (Å²) in [6.07, 6.45) is -4.04. The third kappa shape index (κ3) is 5.99. The molecule has 0 spiro atoms. The van der Waals surface area contributed by atoms with Crippen molar-refractivity contribution in [3.8, 4) is 5.75 Å². The van der Waals surface area contributed by atoms with Crippen molar-refractivity contribution in [1.29, 1.82) is 0 Å². The zero-order valence-corrected chi connectivity index (χ0v) is 20.6. The second-order valence-electron chi connectivity index (χ2n) is 9.67. The molecule has 1 aromatic carbocycles. The largest absolute Gasteiger partial charge is 0.507 e. The van der Waals surface area contributed by atoms with Crippen molar-refractivity contribution in [3.05, 3.63) is 23.8 Å². The summed E-state index contributed by atoms with van der Waals surface area (Å²) in [6, 6.07) is 3.49. The summed E-state index contributed by atoms with van der Waals surface area (Å²) in [5.74, 6) is -5.68. The fourth-order valence-corrected chi connectivity index (χ4v) is 4.33. The normalized spacial score (nSPS) is 29.0. The van der Waals surface area contributed by atoms with Crippen LogP contribution in [0.1, 0.15) is 38.1 Å². The first-order chi connectivity index (χ1) is 17.2. The van der Waals surface area contributed by atoms with Crippen molar-refractivity contribution in [2.45, 2.75) is 70.0 Å². The van der Waals surface area contributed by atoms with Crippen molar-refractivity contribution in [2.75, 3.05) is 18.4 Å². The molecule has 3 aliphatic rings. The van der Waals surface area contributed by atoms with Crippen LogP contribution in [0.15, 0.2) is 18.2 Å². The Hall–Kier alpha value is -3.30. The SMILES string of the molecule is CC1(C)OC2OC(C(=O)NCC(=O)NCC(=O)Nc3ccc(C(=O)O)c(O)c3)C3OC(C)(C)OC3C2O1. The number of ether oxygens (including phenoxy) is 5. The van der Waals surface area contributed by atoms with Crippen LogP contribution in [-0.2, 0) is 38.1 Å². The number of rotatable bonds is 7. The van der Waals surface area contributed by atoms with Crippen LogP contribution in [-0.4, -0.2) is 89.3 Å². The second-order valence-corrected chi connectivity index (χ2v) is 9.67. The molecule has 14 nitrogen and oxygen atoms in total. The Morgan fingerprint density at radius 1 is 0.865 bits per heavy atom. The first-order valence-electron chi connectivity index (χ1n) is 11.5. The van der Waals surface area contributed by atoms with Gasteiger partial charge in [0.25, 0.3) is 5.91 Å². The number of carbonyl (C=O) groups excluding carboxylic acids is 3. The molecule has 0 radical (unpaired) electrons. The number of amides is 3. The fourth-order valence-electron chi connectivity index (χ4n) is 4.33. The number of carboxylic acids is 1. The van der Waals surface area contributed by atoms with E-state index in [2.05, 4.69) is 16.0 Å². The van der Waals surface area contributed by atoms with E-state index in [1.165, 1.54) is 6.07 Å². The topological polar surface area (TPSA) is 191 Å². The third-order valence-electron chi connectivity index (χ3n) is 5.79. The van der Waals surface area contributed by atoms with Crippen molar-refractivity contribution in [1.82, 2.24) is 10.6 Å². The molecule has 37 heavy (non-hydrogen) atoms. The van der Waals surface area contributed by atoms with Crippen LogP contribution in [0.2, 0.25) is 0 Å². The van der Waals surface area contributed by atoms with Gasteiger partial charge in [-0.2, -0.15) is 0 Å². The molecule has 4 rings (SSSR count). The Morgan fingerprint density at radius 2 is 1.49 bits per heavy atom. The molecular formula is C23H29N3O11. The Morgan fingerprint density at radius 3 is 2.16 bits per heavy atom.